The molecule has 2 N–H and O–H groups in total. The van der Waals surface area contributed by atoms with Crippen LogP contribution < -0.4 is 10.4 Å². The maximum absolute atomic E-state index is 12.1. The van der Waals surface area contributed by atoms with Crippen LogP contribution in [0.15, 0.2) is 42.0 Å². The molecule has 0 amide bonds. The molecule has 0 bridgehead atoms. The minimum Gasteiger partial charge on any atom is -0.480 e. The summed E-state index contributed by atoms with van der Waals surface area (Å²) in [6.45, 7) is 1.23. The lowest BCUT2D eigenvalue weighted by molar-refractivity contribution is -0.142. The maximum Gasteiger partial charge on any atom is 0.325 e. The van der Waals surface area contributed by atoms with E-state index in [1.165, 1.54) is 27.1 Å². The number of allylic oxidation sites excluding steroid dienone is 2. The zero-order valence-electron chi connectivity index (χ0n) is 15.6. The largest absolute Gasteiger partial charge is 0.480 e. The predicted molar refractivity (Wildman–Crippen MR) is 111 cm³/mol. The molecular weight excluding hydrogens is 350 g/mol. The number of hydrogen-bond acceptors (Lipinski definition) is 3. The molecule has 1 fully saturated rings. The number of carboxylic acids is 1. The van der Waals surface area contributed by atoms with Gasteiger partial charge in [-0.3, -0.25) is 9.69 Å². The van der Waals surface area contributed by atoms with Crippen LogP contribution in [0.25, 0.3) is 29.0 Å². The highest BCUT2D eigenvalue weighted by Gasteiger charge is 2.31. The molecule has 1 aliphatic heterocycles. The summed E-state index contributed by atoms with van der Waals surface area (Å²) in [6, 6.07) is 7.98. The van der Waals surface area contributed by atoms with Crippen LogP contribution in [0.5, 0.6) is 0 Å². The number of carbonyl (C=O) groups is 1. The van der Waals surface area contributed by atoms with E-state index >= 15 is 0 Å². The summed E-state index contributed by atoms with van der Waals surface area (Å²) >= 11 is 0. The van der Waals surface area contributed by atoms with E-state index in [2.05, 4.69) is 48.6 Å². The van der Waals surface area contributed by atoms with Gasteiger partial charge in [-0.05, 0) is 63.2 Å². The van der Waals surface area contributed by atoms with Crippen molar-refractivity contribution in [1.82, 2.24) is 4.90 Å². The maximum atomic E-state index is 12.1. The van der Waals surface area contributed by atoms with Gasteiger partial charge in [0.05, 0.1) is 6.10 Å². The lowest BCUT2D eigenvalue weighted by Gasteiger charge is -2.35. The molecule has 1 heterocycles. The third kappa shape index (κ3) is 2.81. The van der Waals surface area contributed by atoms with E-state index in [-0.39, 0.29) is 6.10 Å². The molecule has 2 aromatic rings. The summed E-state index contributed by atoms with van der Waals surface area (Å²) in [5, 5.41) is 24.5. The Balaban J connectivity index is 1.56. The van der Waals surface area contributed by atoms with Crippen molar-refractivity contribution in [3.05, 3.63) is 63.6 Å². The smallest absolute Gasteiger partial charge is 0.325 e. The second-order valence-electron chi connectivity index (χ2n) is 7.88. The number of rotatable bonds is 3. The van der Waals surface area contributed by atoms with E-state index in [1.807, 2.05) is 11.0 Å². The number of benzene rings is 2. The summed E-state index contributed by atoms with van der Waals surface area (Å²) in [4.78, 5) is 14.0. The Bertz CT molecular complexity index is 1150. The molecule has 0 aromatic heterocycles. The number of fused-ring (bicyclic) bond motifs is 5. The molecule has 1 unspecified atom stereocenters. The van der Waals surface area contributed by atoms with Gasteiger partial charge in [-0.25, -0.2) is 0 Å². The van der Waals surface area contributed by atoms with E-state index < -0.39 is 12.0 Å². The van der Waals surface area contributed by atoms with Crippen LogP contribution in [0.4, 0.5) is 0 Å². The Labute approximate surface area is 163 Å². The number of piperidine rings is 1. The highest BCUT2D eigenvalue weighted by atomic mass is 16.4. The first-order chi connectivity index (χ1) is 13.6. The highest BCUT2D eigenvalue weighted by molar-refractivity contribution is 5.96. The number of aliphatic hydroxyl groups is 1. The lowest BCUT2D eigenvalue weighted by Crippen LogP contribution is -2.47. The molecule has 1 saturated heterocycles. The van der Waals surface area contributed by atoms with Crippen molar-refractivity contribution < 1.29 is 15.0 Å². The predicted octanol–water partition coefficient (Wildman–Crippen LogP) is 1.82. The number of likely N-dealkylation sites (tertiary alicyclic amines) is 1. The third-order valence-electron chi connectivity index (χ3n) is 6.24. The number of aliphatic carboxylic acids is 1. The van der Waals surface area contributed by atoms with Crippen molar-refractivity contribution in [2.24, 2.45) is 0 Å². The summed E-state index contributed by atoms with van der Waals surface area (Å²) < 4.78 is 0. The monoisotopic (exact) mass is 373 g/mol. The molecule has 4 nitrogen and oxygen atoms in total. The van der Waals surface area contributed by atoms with Crippen LogP contribution in [-0.2, 0) is 11.2 Å². The fourth-order valence-electron chi connectivity index (χ4n) is 4.77. The number of nitrogens with zero attached hydrogens (tertiary/aromatic N) is 1. The molecule has 5 rings (SSSR count). The van der Waals surface area contributed by atoms with Crippen molar-refractivity contribution in [2.75, 3.05) is 13.1 Å². The molecule has 142 valence electrons. The molecule has 0 saturated carbocycles. The van der Waals surface area contributed by atoms with E-state index in [0.29, 0.717) is 25.9 Å². The van der Waals surface area contributed by atoms with Crippen molar-refractivity contribution in [2.45, 2.75) is 31.4 Å². The van der Waals surface area contributed by atoms with Crippen molar-refractivity contribution in [3.8, 4) is 0 Å². The standard InChI is InChI=1S/C24H23NO3/c26-18-10-12-25(13-11-18)23(24(27)28)17-6-7-20-16(14-17)5-9-21-19-3-1-2-15(19)4-8-22(20)21/h1-6,8-9,14,18,23,26H,7,10-13H2,(H,27,28). The summed E-state index contributed by atoms with van der Waals surface area (Å²) in [6.07, 6.45) is 12.2. The van der Waals surface area contributed by atoms with Crippen molar-refractivity contribution in [1.29, 1.82) is 0 Å². The van der Waals surface area contributed by atoms with Crippen molar-refractivity contribution in [3.63, 3.8) is 0 Å². The van der Waals surface area contributed by atoms with Crippen LogP contribution >= 0.6 is 0 Å². The first kappa shape index (κ1) is 17.4. The van der Waals surface area contributed by atoms with Crippen LogP contribution in [-0.4, -0.2) is 46.3 Å². The van der Waals surface area contributed by atoms with Gasteiger partial charge >= 0.3 is 5.97 Å². The van der Waals surface area contributed by atoms with E-state index in [0.717, 1.165) is 17.2 Å². The Morgan fingerprint density at radius 3 is 2.61 bits per heavy atom. The normalized spacial score (nSPS) is 20.1. The van der Waals surface area contributed by atoms with Crippen molar-refractivity contribution >= 4 is 35.0 Å². The van der Waals surface area contributed by atoms with Crippen LogP contribution in [0.1, 0.15) is 24.0 Å². The molecule has 4 heteroatoms. The minimum atomic E-state index is -0.818. The summed E-state index contributed by atoms with van der Waals surface area (Å²) in [5.41, 5.74) is 3.39. The van der Waals surface area contributed by atoms with Crippen LogP contribution in [0.2, 0.25) is 0 Å². The third-order valence-corrected chi connectivity index (χ3v) is 6.24. The first-order valence-corrected chi connectivity index (χ1v) is 9.91. The van der Waals surface area contributed by atoms with Gasteiger partial charge in [0.25, 0.3) is 0 Å². The molecule has 2 aromatic carbocycles. The molecule has 28 heavy (non-hydrogen) atoms. The highest BCUT2D eigenvalue weighted by Crippen LogP contribution is 2.26. The molecule has 0 spiro atoms. The van der Waals surface area contributed by atoms with Gasteiger partial charge < -0.3 is 10.2 Å². The first-order valence-electron chi connectivity index (χ1n) is 9.91. The number of hydrogen-bond donors (Lipinski definition) is 2. The van der Waals surface area contributed by atoms with Gasteiger partial charge in [0.2, 0.25) is 0 Å². The van der Waals surface area contributed by atoms with Gasteiger partial charge in [0.1, 0.15) is 6.04 Å². The molecule has 0 radical (unpaired) electrons. The van der Waals surface area contributed by atoms with Gasteiger partial charge in [-0.15, -0.1) is 0 Å². The fourth-order valence-corrected chi connectivity index (χ4v) is 4.77. The Kier molecular flexibility index (Phi) is 4.18. The number of carboxylic acid groups (broad SMARTS) is 1. The Morgan fingerprint density at radius 2 is 1.82 bits per heavy atom. The van der Waals surface area contributed by atoms with Gasteiger partial charge in [-0.1, -0.05) is 48.6 Å². The summed E-state index contributed by atoms with van der Waals surface area (Å²) in [7, 11) is 0. The van der Waals surface area contributed by atoms with Crippen LogP contribution in [0, 0.1) is 0 Å². The van der Waals surface area contributed by atoms with Gasteiger partial charge in [-0.2, -0.15) is 0 Å². The second-order valence-corrected chi connectivity index (χ2v) is 7.88. The second kappa shape index (κ2) is 6.73. The Hall–Kier alpha value is -2.69. The minimum absolute atomic E-state index is 0.310. The van der Waals surface area contributed by atoms with Gasteiger partial charge in [0.15, 0.2) is 0 Å². The SMILES string of the molecule is O=C(O)C(C1=CCc2c(ccc3c4c(ccc23)=CC=C4)=C1)N1CCC(O)CC1. The molecule has 3 aliphatic rings. The van der Waals surface area contributed by atoms with E-state index in [1.54, 1.807) is 0 Å². The molecule has 2 aliphatic carbocycles. The van der Waals surface area contributed by atoms with E-state index in [4.69, 9.17) is 0 Å². The average Bonchev–Trinajstić information content (AvgIpc) is 3.18. The quantitative estimate of drug-likeness (QED) is 0.862. The zero-order chi connectivity index (χ0) is 19.3. The Morgan fingerprint density at radius 1 is 1.07 bits per heavy atom. The zero-order valence-corrected chi connectivity index (χ0v) is 15.6. The van der Waals surface area contributed by atoms with Gasteiger partial charge in [0, 0.05) is 13.1 Å². The summed E-state index contributed by atoms with van der Waals surface area (Å²) in [5.74, 6) is -0.818. The topological polar surface area (TPSA) is 60.8 Å². The molecular formula is C24H23NO3. The molecule has 1 atom stereocenters. The van der Waals surface area contributed by atoms with E-state index in [9.17, 15) is 15.0 Å². The fraction of sp³-hybridized carbons (Fsp3) is 0.292. The van der Waals surface area contributed by atoms with Crippen LogP contribution in [0.3, 0.4) is 0 Å². The number of aliphatic hydroxyl groups excluding tert-OH is 1. The lowest BCUT2D eigenvalue weighted by atomic mass is 9.89. The average molecular weight is 373 g/mol.